The van der Waals surface area contributed by atoms with Crippen LogP contribution in [0.25, 0.3) is 10.8 Å². The first-order chi connectivity index (χ1) is 15.3. The molecule has 4 rings (SSSR count). The summed E-state index contributed by atoms with van der Waals surface area (Å²) in [6, 6.07) is 24.1. The topological polar surface area (TPSA) is 102 Å². The summed E-state index contributed by atoms with van der Waals surface area (Å²) in [5.74, 6) is 0.546. The zero-order chi connectivity index (χ0) is 22.8. The van der Waals surface area contributed by atoms with E-state index in [1.807, 2.05) is 0 Å². The average Bonchev–Trinajstić information content (AvgIpc) is 2.81. The molecular formula is C23H20N2O5S2. The molecule has 9 heteroatoms. The molecule has 32 heavy (non-hydrogen) atoms. The Morgan fingerprint density at radius 3 is 1.47 bits per heavy atom. The number of rotatable bonds is 7. The SMILES string of the molecule is COc1ccc(S(=O)(=O)Nc2ccc(NS(=O)(=O)c3ccccc3)c3ccccc23)cc1. The number of methoxy groups -OCH3 is 1. The Bertz CT molecular complexity index is 1470. The van der Waals surface area contributed by atoms with Crippen LogP contribution in [0, 0.1) is 0 Å². The van der Waals surface area contributed by atoms with Crippen LogP contribution in [0.15, 0.2) is 101 Å². The van der Waals surface area contributed by atoms with Gasteiger partial charge in [0.2, 0.25) is 0 Å². The van der Waals surface area contributed by atoms with Crippen molar-refractivity contribution in [2.45, 2.75) is 9.79 Å². The highest BCUT2D eigenvalue weighted by Crippen LogP contribution is 2.32. The van der Waals surface area contributed by atoms with Gasteiger partial charge in [0, 0.05) is 10.8 Å². The second-order valence-corrected chi connectivity index (χ2v) is 10.3. The highest BCUT2D eigenvalue weighted by Gasteiger charge is 2.19. The first-order valence-corrected chi connectivity index (χ1v) is 12.5. The van der Waals surface area contributed by atoms with E-state index >= 15 is 0 Å². The number of nitrogens with one attached hydrogen (secondary N) is 2. The summed E-state index contributed by atoms with van der Waals surface area (Å²) < 4.78 is 61.5. The van der Waals surface area contributed by atoms with Gasteiger partial charge in [-0.2, -0.15) is 0 Å². The average molecular weight is 469 g/mol. The van der Waals surface area contributed by atoms with Crippen LogP contribution >= 0.6 is 0 Å². The van der Waals surface area contributed by atoms with Gasteiger partial charge in [0.05, 0.1) is 28.3 Å². The summed E-state index contributed by atoms with van der Waals surface area (Å²) >= 11 is 0. The molecule has 0 saturated heterocycles. The van der Waals surface area contributed by atoms with Crippen molar-refractivity contribution in [3.63, 3.8) is 0 Å². The summed E-state index contributed by atoms with van der Waals surface area (Å²) in [7, 11) is -6.17. The molecule has 0 amide bonds. The lowest BCUT2D eigenvalue weighted by molar-refractivity contribution is 0.414. The summed E-state index contributed by atoms with van der Waals surface area (Å²) in [5.41, 5.74) is 0.677. The summed E-state index contributed by atoms with van der Waals surface area (Å²) in [5, 5.41) is 1.11. The van der Waals surface area contributed by atoms with Crippen molar-refractivity contribution in [2.24, 2.45) is 0 Å². The number of hydrogen-bond donors (Lipinski definition) is 2. The number of ether oxygens (including phenoxy) is 1. The van der Waals surface area contributed by atoms with Crippen LogP contribution in [0.5, 0.6) is 5.75 Å². The summed E-state index contributed by atoms with van der Waals surface area (Å²) in [4.78, 5) is 0.213. The smallest absolute Gasteiger partial charge is 0.261 e. The van der Waals surface area contributed by atoms with E-state index in [-0.39, 0.29) is 9.79 Å². The van der Waals surface area contributed by atoms with Crippen molar-refractivity contribution in [3.05, 3.63) is 91.0 Å². The first-order valence-electron chi connectivity index (χ1n) is 9.57. The van der Waals surface area contributed by atoms with E-state index in [0.29, 0.717) is 27.9 Å². The van der Waals surface area contributed by atoms with E-state index in [1.54, 1.807) is 54.6 Å². The molecule has 0 unspecified atom stereocenters. The maximum absolute atomic E-state index is 12.9. The van der Waals surface area contributed by atoms with Crippen molar-refractivity contribution in [1.82, 2.24) is 0 Å². The van der Waals surface area contributed by atoms with Gasteiger partial charge in [-0.05, 0) is 48.5 Å². The van der Waals surface area contributed by atoms with Crippen molar-refractivity contribution in [1.29, 1.82) is 0 Å². The van der Waals surface area contributed by atoms with Crippen LogP contribution in [-0.4, -0.2) is 23.9 Å². The van der Waals surface area contributed by atoms with E-state index in [1.165, 1.54) is 43.5 Å². The second kappa shape index (κ2) is 8.52. The van der Waals surface area contributed by atoms with Crippen molar-refractivity contribution in [3.8, 4) is 5.75 Å². The Morgan fingerprint density at radius 2 is 1.00 bits per heavy atom. The molecular weight excluding hydrogens is 448 g/mol. The third kappa shape index (κ3) is 4.39. The minimum absolute atomic E-state index is 0.0799. The Balaban J connectivity index is 1.71. The van der Waals surface area contributed by atoms with Gasteiger partial charge in [0.15, 0.2) is 0 Å². The zero-order valence-electron chi connectivity index (χ0n) is 17.0. The van der Waals surface area contributed by atoms with Crippen LogP contribution in [-0.2, 0) is 20.0 Å². The number of fused-ring (bicyclic) bond motifs is 1. The largest absolute Gasteiger partial charge is 0.497 e. The predicted octanol–water partition coefficient (Wildman–Crippen LogP) is 4.45. The first kappa shape index (κ1) is 21.7. The minimum Gasteiger partial charge on any atom is -0.497 e. The number of benzene rings is 4. The third-order valence-corrected chi connectivity index (χ3v) is 7.60. The van der Waals surface area contributed by atoms with Gasteiger partial charge in [0.1, 0.15) is 5.75 Å². The lowest BCUT2D eigenvalue weighted by atomic mass is 10.1. The molecule has 0 atom stereocenters. The van der Waals surface area contributed by atoms with E-state index in [2.05, 4.69) is 9.44 Å². The van der Waals surface area contributed by atoms with Gasteiger partial charge in [0.25, 0.3) is 20.0 Å². The molecule has 0 fully saturated rings. The number of hydrogen-bond acceptors (Lipinski definition) is 5. The monoisotopic (exact) mass is 468 g/mol. The molecule has 0 aromatic heterocycles. The van der Waals surface area contributed by atoms with Gasteiger partial charge in [-0.25, -0.2) is 16.8 Å². The van der Waals surface area contributed by atoms with Gasteiger partial charge >= 0.3 is 0 Å². The van der Waals surface area contributed by atoms with Gasteiger partial charge < -0.3 is 4.74 Å². The number of anilines is 2. The van der Waals surface area contributed by atoms with Gasteiger partial charge in [-0.1, -0.05) is 42.5 Å². The van der Waals surface area contributed by atoms with Crippen molar-refractivity contribution in [2.75, 3.05) is 16.6 Å². The molecule has 0 radical (unpaired) electrons. The molecule has 164 valence electrons. The van der Waals surface area contributed by atoms with E-state index < -0.39 is 20.0 Å². The molecule has 4 aromatic rings. The fourth-order valence-corrected chi connectivity index (χ4v) is 5.42. The van der Waals surface area contributed by atoms with Crippen LogP contribution in [0.2, 0.25) is 0 Å². The molecule has 0 aliphatic carbocycles. The number of sulfonamides is 2. The molecule has 0 spiro atoms. The Labute approximate surface area is 186 Å². The molecule has 0 aliphatic heterocycles. The lowest BCUT2D eigenvalue weighted by Crippen LogP contribution is -2.15. The Kier molecular flexibility index (Phi) is 5.77. The van der Waals surface area contributed by atoms with E-state index in [4.69, 9.17) is 4.74 Å². The predicted molar refractivity (Wildman–Crippen MR) is 125 cm³/mol. The second-order valence-electron chi connectivity index (χ2n) is 6.91. The fourth-order valence-electron chi connectivity index (χ4n) is 3.24. The van der Waals surface area contributed by atoms with Crippen molar-refractivity contribution < 1.29 is 21.6 Å². The highest BCUT2D eigenvalue weighted by molar-refractivity contribution is 7.93. The molecule has 0 heterocycles. The lowest BCUT2D eigenvalue weighted by Gasteiger charge is -2.15. The van der Waals surface area contributed by atoms with E-state index in [0.717, 1.165) is 0 Å². The van der Waals surface area contributed by atoms with Crippen LogP contribution in [0.3, 0.4) is 0 Å². The molecule has 0 aliphatic rings. The third-order valence-electron chi connectivity index (χ3n) is 4.84. The maximum atomic E-state index is 12.9. The summed E-state index contributed by atoms with van der Waals surface area (Å²) in [6.07, 6.45) is 0. The highest BCUT2D eigenvalue weighted by atomic mass is 32.2. The molecule has 0 saturated carbocycles. The molecule has 4 aromatic carbocycles. The molecule has 7 nitrogen and oxygen atoms in total. The van der Waals surface area contributed by atoms with Gasteiger partial charge in [-0.3, -0.25) is 9.44 Å². The Morgan fingerprint density at radius 1 is 0.562 bits per heavy atom. The molecule has 0 bridgehead atoms. The standard InChI is InChI=1S/C23H20N2O5S2/c1-30-17-11-13-19(14-12-17)32(28,29)25-23-16-15-22(20-9-5-6-10-21(20)23)24-31(26,27)18-7-3-2-4-8-18/h2-16,24-25H,1H3. The van der Waals surface area contributed by atoms with Crippen LogP contribution in [0.4, 0.5) is 11.4 Å². The minimum atomic E-state index is -3.86. The molecule has 2 N–H and O–H groups in total. The van der Waals surface area contributed by atoms with Gasteiger partial charge in [-0.15, -0.1) is 0 Å². The summed E-state index contributed by atoms with van der Waals surface area (Å²) in [6.45, 7) is 0. The van der Waals surface area contributed by atoms with Crippen molar-refractivity contribution >= 4 is 42.2 Å². The van der Waals surface area contributed by atoms with Crippen LogP contribution < -0.4 is 14.2 Å². The zero-order valence-corrected chi connectivity index (χ0v) is 18.7. The maximum Gasteiger partial charge on any atom is 0.261 e. The normalized spacial score (nSPS) is 11.8. The Hall–Kier alpha value is -3.56. The van der Waals surface area contributed by atoms with E-state index in [9.17, 15) is 16.8 Å². The van der Waals surface area contributed by atoms with Crippen LogP contribution in [0.1, 0.15) is 0 Å². The fraction of sp³-hybridized carbons (Fsp3) is 0.0435. The quantitative estimate of drug-likeness (QED) is 0.417.